The van der Waals surface area contributed by atoms with Gasteiger partial charge >= 0.3 is 0 Å². The Morgan fingerprint density at radius 3 is 2.41 bits per heavy atom. The molecule has 0 unspecified atom stereocenters. The fourth-order valence-electron chi connectivity index (χ4n) is 6.79. The zero-order chi connectivity index (χ0) is 25.9. The molecule has 4 atom stereocenters. The lowest BCUT2D eigenvalue weighted by molar-refractivity contribution is -0.139. The van der Waals surface area contributed by atoms with E-state index in [0.29, 0.717) is 12.1 Å². The number of carbonyl (C=O) groups is 3. The number of rotatable bonds is 8. The number of nitrogens with zero attached hydrogens (tertiary/aromatic N) is 3. The number of fused-ring (bicyclic) bond motifs is 1. The van der Waals surface area contributed by atoms with E-state index in [1.165, 1.54) is 6.42 Å². The van der Waals surface area contributed by atoms with Gasteiger partial charge < -0.3 is 19.9 Å². The van der Waals surface area contributed by atoms with Crippen LogP contribution in [0.25, 0.3) is 0 Å². The first-order valence-corrected chi connectivity index (χ1v) is 14.3. The molecule has 0 bridgehead atoms. The van der Waals surface area contributed by atoms with Crippen LogP contribution in [0.4, 0.5) is 5.69 Å². The first-order chi connectivity index (χ1) is 18.0. The second kappa shape index (κ2) is 11.5. The van der Waals surface area contributed by atoms with Crippen LogP contribution in [-0.2, 0) is 14.3 Å². The lowest BCUT2D eigenvalue weighted by Crippen LogP contribution is -2.54. The number of Topliss-reactive ketones (excluding diaryl/α,β-unsaturated/α-hetero) is 1. The normalized spacial score (nSPS) is 27.5. The minimum atomic E-state index is -0.606. The molecule has 1 aromatic carbocycles. The average Bonchev–Trinajstić information content (AvgIpc) is 3.67. The summed E-state index contributed by atoms with van der Waals surface area (Å²) < 4.78 is 5.77. The summed E-state index contributed by atoms with van der Waals surface area (Å²) in [5, 5.41) is 3.10. The maximum atomic E-state index is 13.9. The molecular weight excluding hydrogens is 468 g/mol. The molecule has 4 aliphatic rings. The minimum Gasteiger partial charge on any atom is -0.369 e. The van der Waals surface area contributed by atoms with Gasteiger partial charge in [-0.1, -0.05) is 26.7 Å². The molecule has 2 amide bonds. The summed E-state index contributed by atoms with van der Waals surface area (Å²) in [4.78, 5) is 46.4. The van der Waals surface area contributed by atoms with Crippen LogP contribution >= 0.6 is 0 Å². The lowest BCUT2D eigenvalue weighted by Gasteiger charge is -2.36. The molecule has 5 rings (SSSR count). The van der Waals surface area contributed by atoms with Gasteiger partial charge in [0.1, 0.15) is 18.7 Å². The summed E-state index contributed by atoms with van der Waals surface area (Å²) in [6, 6.07) is 6.66. The van der Waals surface area contributed by atoms with E-state index >= 15 is 0 Å². The Labute approximate surface area is 220 Å². The molecule has 8 nitrogen and oxygen atoms in total. The smallest absolute Gasteiger partial charge is 0.251 e. The van der Waals surface area contributed by atoms with Gasteiger partial charge in [0.15, 0.2) is 5.78 Å². The first kappa shape index (κ1) is 26.2. The van der Waals surface area contributed by atoms with Crippen LogP contribution in [0.3, 0.4) is 0 Å². The topological polar surface area (TPSA) is 82.2 Å². The van der Waals surface area contributed by atoms with Crippen LogP contribution in [-0.4, -0.2) is 91.5 Å². The maximum Gasteiger partial charge on any atom is 0.251 e. The van der Waals surface area contributed by atoms with Crippen LogP contribution in [0.1, 0.15) is 62.7 Å². The van der Waals surface area contributed by atoms with E-state index in [2.05, 4.69) is 29.0 Å². The number of ketones is 1. The number of carbonyl (C=O) groups excluding carboxylic acids is 3. The molecule has 1 aromatic rings. The highest BCUT2D eigenvalue weighted by Gasteiger charge is 2.53. The van der Waals surface area contributed by atoms with Gasteiger partial charge in [-0.3, -0.25) is 19.3 Å². The molecule has 0 aromatic heterocycles. The van der Waals surface area contributed by atoms with Crippen molar-refractivity contribution in [1.82, 2.24) is 15.1 Å². The van der Waals surface area contributed by atoms with Gasteiger partial charge in [0.25, 0.3) is 5.91 Å². The quantitative estimate of drug-likeness (QED) is 0.579. The molecule has 1 aliphatic carbocycles. The van der Waals surface area contributed by atoms with Crippen LogP contribution in [0.15, 0.2) is 24.3 Å². The Kier molecular flexibility index (Phi) is 8.15. The number of likely N-dealkylation sites (tertiary alicyclic amines) is 1. The molecule has 1 saturated carbocycles. The van der Waals surface area contributed by atoms with Crippen molar-refractivity contribution in [3.63, 3.8) is 0 Å². The molecule has 4 fully saturated rings. The molecule has 3 saturated heterocycles. The molecule has 3 heterocycles. The van der Waals surface area contributed by atoms with Crippen molar-refractivity contribution >= 4 is 23.3 Å². The van der Waals surface area contributed by atoms with Gasteiger partial charge in [0, 0.05) is 49.9 Å². The third kappa shape index (κ3) is 5.41. The summed E-state index contributed by atoms with van der Waals surface area (Å²) in [5.74, 6) is -0.0895. The Bertz CT molecular complexity index is 969. The zero-order valence-corrected chi connectivity index (χ0v) is 22.4. The predicted molar refractivity (Wildman–Crippen MR) is 143 cm³/mol. The van der Waals surface area contributed by atoms with Gasteiger partial charge in [0.2, 0.25) is 5.91 Å². The van der Waals surface area contributed by atoms with Crippen LogP contribution in [0.5, 0.6) is 0 Å². The van der Waals surface area contributed by atoms with E-state index in [-0.39, 0.29) is 42.1 Å². The number of ether oxygens (including phenoxy) is 1. The van der Waals surface area contributed by atoms with Gasteiger partial charge in [-0.05, 0) is 62.4 Å². The number of amides is 2. The second-order valence-electron chi connectivity index (χ2n) is 11.2. The van der Waals surface area contributed by atoms with Crippen LogP contribution in [0.2, 0.25) is 0 Å². The summed E-state index contributed by atoms with van der Waals surface area (Å²) in [5.41, 5.74) is 1.69. The molecule has 1 N–H and O–H groups in total. The third-order valence-electron chi connectivity index (χ3n) is 8.93. The monoisotopic (exact) mass is 510 g/mol. The Balaban J connectivity index is 1.27. The largest absolute Gasteiger partial charge is 0.369 e. The molecule has 0 spiro atoms. The number of piperazine rings is 1. The minimum absolute atomic E-state index is 0.0167. The van der Waals surface area contributed by atoms with Crippen LogP contribution < -0.4 is 10.2 Å². The predicted octanol–water partition coefficient (Wildman–Crippen LogP) is 2.71. The maximum absolute atomic E-state index is 13.9. The fraction of sp³-hybridized carbons (Fsp3) is 0.690. The highest BCUT2D eigenvalue weighted by molar-refractivity contribution is 5.99. The summed E-state index contributed by atoms with van der Waals surface area (Å²) in [7, 11) is 0. The van der Waals surface area contributed by atoms with Gasteiger partial charge in [-0.25, -0.2) is 0 Å². The van der Waals surface area contributed by atoms with Crippen molar-refractivity contribution in [2.24, 2.45) is 11.8 Å². The Morgan fingerprint density at radius 1 is 1.05 bits per heavy atom. The molecule has 202 valence electrons. The summed E-state index contributed by atoms with van der Waals surface area (Å²) in [6.07, 6.45) is 5.80. The van der Waals surface area contributed by atoms with E-state index in [0.717, 1.165) is 70.5 Å². The van der Waals surface area contributed by atoms with Crippen molar-refractivity contribution < 1.29 is 19.1 Å². The van der Waals surface area contributed by atoms with Crippen molar-refractivity contribution in [2.75, 3.05) is 50.8 Å². The SMILES string of the molecule is CCCN1CCN(c2ccc(C(=O)N[C@H](C(=O)N3C[C@@H](CC)[C@H]4OCC(=O)[C@H]43)C3CCCC3)cc2)CC1. The van der Waals surface area contributed by atoms with Crippen molar-refractivity contribution in [2.45, 2.75) is 70.6 Å². The average molecular weight is 511 g/mol. The first-order valence-electron chi connectivity index (χ1n) is 14.3. The van der Waals surface area contributed by atoms with E-state index in [4.69, 9.17) is 4.74 Å². The number of anilines is 1. The zero-order valence-electron chi connectivity index (χ0n) is 22.4. The van der Waals surface area contributed by atoms with E-state index in [9.17, 15) is 14.4 Å². The molecular formula is C29H42N4O4. The van der Waals surface area contributed by atoms with E-state index in [1.807, 2.05) is 24.3 Å². The van der Waals surface area contributed by atoms with Gasteiger partial charge in [0.05, 0.1) is 6.10 Å². The molecule has 37 heavy (non-hydrogen) atoms. The second-order valence-corrected chi connectivity index (χ2v) is 11.2. The summed E-state index contributed by atoms with van der Waals surface area (Å²) in [6.45, 7) is 10.1. The summed E-state index contributed by atoms with van der Waals surface area (Å²) >= 11 is 0. The van der Waals surface area contributed by atoms with E-state index < -0.39 is 12.1 Å². The highest BCUT2D eigenvalue weighted by Crippen LogP contribution is 2.36. The van der Waals surface area contributed by atoms with Crippen molar-refractivity contribution in [3.05, 3.63) is 29.8 Å². The van der Waals surface area contributed by atoms with Gasteiger partial charge in [-0.2, -0.15) is 0 Å². The molecule has 0 radical (unpaired) electrons. The molecule has 8 heteroatoms. The van der Waals surface area contributed by atoms with E-state index in [1.54, 1.807) is 4.90 Å². The Morgan fingerprint density at radius 2 is 1.76 bits per heavy atom. The van der Waals surface area contributed by atoms with Crippen molar-refractivity contribution in [3.8, 4) is 0 Å². The number of hydrogen-bond acceptors (Lipinski definition) is 6. The van der Waals surface area contributed by atoms with Crippen LogP contribution in [0, 0.1) is 11.8 Å². The van der Waals surface area contributed by atoms with Crippen molar-refractivity contribution in [1.29, 1.82) is 0 Å². The number of benzene rings is 1. The fourth-order valence-corrected chi connectivity index (χ4v) is 6.79. The highest BCUT2D eigenvalue weighted by atomic mass is 16.5. The number of hydrogen-bond donors (Lipinski definition) is 1. The Hall–Kier alpha value is -2.45. The molecule has 3 aliphatic heterocycles. The third-order valence-corrected chi connectivity index (χ3v) is 8.93. The lowest BCUT2D eigenvalue weighted by atomic mass is 9.95. The van der Waals surface area contributed by atoms with Gasteiger partial charge in [-0.15, -0.1) is 0 Å². The number of nitrogens with one attached hydrogen (secondary N) is 1. The standard InChI is InChI=1S/C29H42N4O4/c1-3-13-31-14-16-32(17-15-31)23-11-9-22(10-12-23)28(35)30-25(21-7-5-6-8-21)29(36)33-18-20(4-2)27-26(33)24(34)19-37-27/h9-12,20-21,25-27H,3-8,13-19H2,1-2H3,(H,30,35)/t20-,25+,26-,27-/m1/s1.